The van der Waals surface area contributed by atoms with Crippen LogP contribution < -0.4 is 10.6 Å². The fraction of sp³-hybridized carbons (Fsp3) is 0.926. The molecule has 65 heavy (non-hydrogen) atoms. The summed E-state index contributed by atoms with van der Waals surface area (Å²) in [5.41, 5.74) is -4.97. The average molecular weight is 1040 g/mol. The molecule has 0 aromatic rings. The molecular formula is C27H20F32N2O4. The Labute approximate surface area is 336 Å². The van der Waals surface area contributed by atoms with E-state index in [1.165, 1.54) is 0 Å². The van der Waals surface area contributed by atoms with Gasteiger partial charge >= 0.3 is 108 Å². The Morgan fingerprint density at radius 1 is 0.492 bits per heavy atom. The molecule has 0 radical (unpaired) electrons. The van der Waals surface area contributed by atoms with Crippen LogP contribution in [0.2, 0.25) is 0 Å². The molecule has 0 aromatic heterocycles. The zero-order chi connectivity index (χ0) is 52.8. The highest BCUT2D eigenvalue weighted by molar-refractivity contribution is 5.67. The van der Waals surface area contributed by atoms with Gasteiger partial charge in [-0.05, 0) is 18.8 Å². The normalized spacial score (nSPS) is 22.7. The fourth-order valence-electron chi connectivity index (χ4n) is 6.18. The van der Waals surface area contributed by atoms with Crippen molar-refractivity contribution in [2.24, 2.45) is 11.8 Å². The molecule has 1 rings (SSSR count). The zero-order valence-electron chi connectivity index (χ0n) is 30.0. The molecule has 38 heteroatoms. The minimum Gasteiger partial charge on any atom is -0.465 e. The maximum Gasteiger partial charge on any atom is 0.405 e. The Bertz CT molecular complexity index is 1730. The van der Waals surface area contributed by atoms with Crippen LogP contribution in [0.5, 0.6) is 0 Å². The highest BCUT2D eigenvalue weighted by Crippen LogP contribution is 2.66. The lowest BCUT2D eigenvalue weighted by molar-refractivity contribution is -0.448. The number of carboxylic acid groups (broad SMARTS) is 2. The van der Waals surface area contributed by atoms with Crippen LogP contribution in [0.15, 0.2) is 0 Å². The smallest absolute Gasteiger partial charge is 0.405 e. The predicted octanol–water partition coefficient (Wildman–Crippen LogP) is 11.9. The summed E-state index contributed by atoms with van der Waals surface area (Å²) in [7, 11) is 0. The molecule has 4 unspecified atom stereocenters. The number of rotatable bonds is 20. The molecule has 4 atom stereocenters. The Morgan fingerprint density at radius 2 is 0.785 bits per heavy atom. The molecule has 0 bridgehead atoms. The maximum absolute atomic E-state index is 15.4. The SMILES string of the molecule is CC1CCC(CC(F)(F)C(F)(F)C(F)(F)C(F)(F)C(F)(F)C(F)(F)C(F)(F)C(F)F)(NC(=O)O)C(CC(F)(F)C(F)(F)C(F)(F)C(F)(F)C(F)(F)C(F)(F)C(F)(F)C(F)F)C1NC(=O)O. The minimum atomic E-state index is -9.22. The number of alkyl halides is 32. The number of carbonyl (C=O) groups is 2. The van der Waals surface area contributed by atoms with Gasteiger partial charge in [0.2, 0.25) is 0 Å². The molecule has 1 aliphatic carbocycles. The summed E-state index contributed by atoms with van der Waals surface area (Å²) >= 11 is 0. The second-order valence-electron chi connectivity index (χ2n) is 14.1. The number of hydrogen-bond acceptors (Lipinski definition) is 2. The topological polar surface area (TPSA) is 98.7 Å². The van der Waals surface area contributed by atoms with Crippen LogP contribution in [0.1, 0.15) is 32.6 Å². The van der Waals surface area contributed by atoms with Crippen molar-refractivity contribution in [3.05, 3.63) is 0 Å². The van der Waals surface area contributed by atoms with Gasteiger partial charge in [-0.15, -0.1) is 0 Å². The molecule has 0 heterocycles. The number of halogens is 32. The zero-order valence-corrected chi connectivity index (χ0v) is 30.0. The Kier molecular flexibility index (Phi) is 15.1. The third-order valence-corrected chi connectivity index (χ3v) is 9.92. The van der Waals surface area contributed by atoms with Gasteiger partial charge in [-0.2, -0.15) is 123 Å². The lowest BCUT2D eigenvalue weighted by Crippen LogP contribution is -2.75. The van der Waals surface area contributed by atoms with Gasteiger partial charge in [0, 0.05) is 24.8 Å². The third kappa shape index (κ3) is 8.39. The quantitative estimate of drug-likeness (QED) is 0.0913. The molecule has 0 aliphatic heterocycles. The highest BCUT2D eigenvalue weighted by atomic mass is 19.4. The highest BCUT2D eigenvalue weighted by Gasteiger charge is 2.95. The van der Waals surface area contributed by atoms with Crippen LogP contribution in [0.4, 0.5) is 150 Å². The van der Waals surface area contributed by atoms with E-state index in [0.717, 1.165) is 5.32 Å². The molecular weight excluding hydrogens is 1020 g/mol. The van der Waals surface area contributed by atoms with Crippen LogP contribution in [-0.4, -0.2) is 130 Å². The molecule has 6 nitrogen and oxygen atoms in total. The molecule has 0 spiro atoms. The Hall–Kier alpha value is -3.70. The summed E-state index contributed by atoms with van der Waals surface area (Å²) in [5.74, 6) is -128. The van der Waals surface area contributed by atoms with Crippen LogP contribution in [0.25, 0.3) is 0 Å². The predicted molar refractivity (Wildman–Crippen MR) is 141 cm³/mol. The Balaban J connectivity index is 4.31. The fourth-order valence-corrected chi connectivity index (χ4v) is 6.18. The number of nitrogens with one attached hydrogen (secondary N) is 2. The number of amides is 2. The first-order valence-corrected chi connectivity index (χ1v) is 15.9. The van der Waals surface area contributed by atoms with Crippen LogP contribution >= 0.6 is 0 Å². The summed E-state index contributed by atoms with van der Waals surface area (Å²) in [6.45, 7) is 0.321. The molecule has 0 aromatic carbocycles. The van der Waals surface area contributed by atoms with E-state index in [1.807, 2.05) is 0 Å². The van der Waals surface area contributed by atoms with Gasteiger partial charge in [0.25, 0.3) is 0 Å². The number of hydrogen-bond donors (Lipinski definition) is 4. The second kappa shape index (κ2) is 16.5. The summed E-state index contributed by atoms with van der Waals surface area (Å²) in [6.07, 6.45) is -31.3. The summed E-state index contributed by atoms with van der Waals surface area (Å²) in [5, 5.41) is 19.3. The van der Waals surface area contributed by atoms with Crippen LogP contribution in [0, 0.1) is 11.8 Å². The van der Waals surface area contributed by atoms with Crippen LogP contribution in [-0.2, 0) is 0 Å². The van der Waals surface area contributed by atoms with E-state index in [2.05, 4.69) is 0 Å². The first-order chi connectivity index (χ1) is 28.0. The van der Waals surface area contributed by atoms with E-state index in [1.54, 1.807) is 0 Å². The van der Waals surface area contributed by atoms with E-state index >= 15 is 17.6 Å². The van der Waals surface area contributed by atoms with Gasteiger partial charge in [-0.3, -0.25) is 0 Å². The first-order valence-electron chi connectivity index (χ1n) is 15.9. The van der Waals surface area contributed by atoms with E-state index in [9.17, 15) is 133 Å². The molecule has 1 saturated carbocycles. The van der Waals surface area contributed by atoms with E-state index in [-0.39, 0.29) is 5.32 Å². The monoisotopic (exact) mass is 1040 g/mol. The van der Waals surface area contributed by atoms with Gasteiger partial charge in [0.15, 0.2) is 0 Å². The van der Waals surface area contributed by atoms with Gasteiger partial charge in [-0.25, -0.2) is 27.2 Å². The van der Waals surface area contributed by atoms with Crippen molar-refractivity contribution < 1.29 is 160 Å². The van der Waals surface area contributed by atoms with Crippen molar-refractivity contribution in [3.63, 3.8) is 0 Å². The van der Waals surface area contributed by atoms with Gasteiger partial charge < -0.3 is 20.8 Å². The summed E-state index contributed by atoms with van der Waals surface area (Å²) < 4.78 is 449. The van der Waals surface area contributed by atoms with Crippen molar-refractivity contribution in [2.45, 2.75) is 140 Å². The van der Waals surface area contributed by atoms with Gasteiger partial charge in [0.05, 0.1) is 5.54 Å². The molecule has 1 fully saturated rings. The van der Waals surface area contributed by atoms with Crippen molar-refractivity contribution >= 4 is 12.2 Å². The van der Waals surface area contributed by atoms with Crippen LogP contribution in [0.3, 0.4) is 0 Å². The Morgan fingerprint density at radius 3 is 1.08 bits per heavy atom. The van der Waals surface area contributed by atoms with E-state index in [4.69, 9.17) is 10.2 Å². The van der Waals surface area contributed by atoms with Crippen molar-refractivity contribution in [1.82, 2.24) is 10.6 Å². The van der Waals surface area contributed by atoms with E-state index < -0.39 is 157 Å². The van der Waals surface area contributed by atoms with Crippen molar-refractivity contribution in [3.8, 4) is 0 Å². The lowest BCUT2D eigenvalue weighted by Gasteiger charge is -2.53. The molecule has 2 amide bonds. The molecule has 386 valence electrons. The lowest BCUT2D eigenvalue weighted by atomic mass is 9.61. The van der Waals surface area contributed by atoms with Gasteiger partial charge in [-0.1, -0.05) is 6.92 Å². The maximum atomic E-state index is 15.4. The average Bonchev–Trinajstić information content (AvgIpc) is 3.09. The van der Waals surface area contributed by atoms with Gasteiger partial charge in [0.1, 0.15) is 0 Å². The third-order valence-electron chi connectivity index (χ3n) is 9.92. The van der Waals surface area contributed by atoms with Crippen molar-refractivity contribution in [2.75, 3.05) is 0 Å². The standard InChI is InChI=1S/C27H20F32N2O4/c1-6-2-3-13(61-12(64)65,5-15(34,35)19(42,43)23(50,51)27(58,59)25(54,55)21(46,47)17(38,39)10(30)31)7(8(6)60-11(62)63)4-14(32,33)18(40,41)22(48,49)26(56,57)24(52,53)20(44,45)16(36,37)9(28)29/h6-10,60-61H,2-5H2,1H3,(H,62,63)(H,64,65). The summed E-state index contributed by atoms with van der Waals surface area (Å²) in [4.78, 5) is 23.0. The van der Waals surface area contributed by atoms with E-state index in [0.29, 0.717) is 6.92 Å². The minimum absolute atomic E-state index is 0.289. The van der Waals surface area contributed by atoms with Crippen molar-refractivity contribution in [1.29, 1.82) is 0 Å². The largest absolute Gasteiger partial charge is 0.465 e. The molecule has 0 saturated heterocycles. The second-order valence-corrected chi connectivity index (χ2v) is 14.1. The summed E-state index contributed by atoms with van der Waals surface area (Å²) in [6, 6.07) is -3.43. The molecule has 1 aliphatic rings. The first kappa shape index (κ1) is 59.3. The molecule has 4 N–H and O–H groups in total.